The lowest BCUT2D eigenvalue weighted by atomic mass is 9.74. The number of aliphatic hydroxyl groups excluding tert-OH is 1. The molecular weight excluding hydrogens is 352 g/mol. The lowest BCUT2D eigenvalue weighted by molar-refractivity contribution is -0.188. The summed E-state index contributed by atoms with van der Waals surface area (Å²) in [6, 6.07) is 7.98. The highest BCUT2D eigenvalue weighted by atomic mass is 16.6. The van der Waals surface area contributed by atoms with Gasteiger partial charge in [0.1, 0.15) is 0 Å². The third-order valence-electron chi connectivity index (χ3n) is 7.03. The summed E-state index contributed by atoms with van der Waals surface area (Å²) in [6.45, 7) is 7.07. The number of amides is 1. The van der Waals surface area contributed by atoms with Crippen molar-refractivity contribution < 1.29 is 14.6 Å². The summed E-state index contributed by atoms with van der Waals surface area (Å²) in [5.74, 6) is 0.390. The Hall–Kier alpha value is -1.43. The Morgan fingerprint density at radius 2 is 1.93 bits per heavy atom. The minimum atomic E-state index is -0.833. The maximum Gasteiger partial charge on any atom is 0.225 e. The number of carbonyl (C=O) groups excluding carboxylic acids is 1. The van der Waals surface area contributed by atoms with E-state index in [9.17, 15) is 9.90 Å². The van der Waals surface area contributed by atoms with Crippen LogP contribution in [0, 0.1) is 5.92 Å². The Labute approximate surface area is 168 Å². The number of likely N-dealkylation sites (tertiary alicyclic amines) is 1. The smallest absolute Gasteiger partial charge is 0.225 e. The van der Waals surface area contributed by atoms with Crippen LogP contribution in [0.25, 0.3) is 0 Å². The summed E-state index contributed by atoms with van der Waals surface area (Å²) in [6.07, 6.45) is 6.37. The van der Waals surface area contributed by atoms with Crippen molar-refractivity contribution in [1.82, 2.24) is 9.80 Å². The molecule has 0 bridgehead atoms. The number of nitrogens with zero attached hydrogens (tertiary/aromatic N) is 2. The van der Waals surface area contributed by atoms with Gasteiger partial charge in [0.05, 0.1) is 5.60 Å². The first-order chi connectivity index (χ1) is 13.6. The average Bonchev–Trinajstić information content (AvgIpc) is 3.01. The third kappa shape index (κ3) is 3.85. The minimum absolute atomic E-state index is 0.0837. The molecule has 5 heteroatoms. The van der Waals surface area contributed by atoms with Crippen LogP contribution in [0.4, 0.5) is 0 Å². The molecule has 2 fully saturated rings. The number of rotatable bonds is 5. The quantitative estimate of drug-likeness (QED) is 0.842. The van der Waals surface area contributed by atoms with Crippen LogP contribution in [0.5, 0.6) is 0 Å². The van der Waals surface area contributed by atoms with E-state index in [1.54, 1.807) is 0 Å². The van der Waals surface area contributed by atoms with Crippen molar-refractivity contribution >= 4 is 5.91 Å². The van der Waals surface area contributed by atoms with E-state index in [0.29, 0.717) is 5.91 Å². The zero-order valence-electron chi connectivity index (χ0n) is 17.1. The maximum absolute atomic E-state index is 13.1. The Morgan fingerprint density at radius 1 is 1.21 bits per heavy atom. The van der Waals surface area contributed by atoms with Gasteiger partial charge in [-0.2, -0.15) is 0 Å². The maximum atomic E-state index is 13.1. The van der Waals surface area contributed by atoms with Gasteiger partial charge in [0, 0.05) is 31.1 Å². The third-order valence-corrected chi connectivity index (χ3v) is 7.03. The second-order valence-electron chi connectivity index (χ2n) is 8.65. The van der Waals surface area contributed by atoms with Crippen LogP contribution < -0.4 is 0 Å². The molecule has 1 aliphatic carbocycles. The number of aliphatic hydroxyl groups is 1. The summed E-state index contributed by atoms with van der Waals surface area (Å²) < 4.78 is 6.03. The molecule has 1 amide bonds. The number of hydrogen-bond acceptors (Lipinski definition) is 4. The number of carbonyl (C=O) groups is 1. The Morgan fingerprint density at radius 3 is 2.64 bits per heavy atom. The molecule has 28 heavy (non-hydrogen) atoms. The number of fused-ring (bicyclic) bond motifs is 2. The molecule has 1 aromatic rings. The first kappa shape index (κ1) is 19.9. The second kappa shape index (κ2) is 8.52. The van der Waals surface area contributed by atoms with Gasteiger partial charge in [0.2, 0.25) is 5.91 Å². The number of likely N-dealkylation sites (N-methyl/N-ethyl adjacent to an activating group) is 1. The molecule has 5 nitrogen and oxygen atoms in total. The van der Waals surface area contributed by atoms with Crippen molar-refractivity contribution in [3.63, 3.8) is 0 Å². The van der Waals surface area contributed by atoms with Crippen molar-refractivity contribution in [3.05, 3.63) is 35.4 Å². The molecule has 1 unspecified atom stereocenters. The van der Waals surface area contributed by atoms with Crippen molar-refractivity contribution in [2.75, 3.05) is 32.7 Å². The van der Waals surface area contributed by atoms with E-state index in [1.165, 1.54) is 32.4 Å². The van der Waals surface area contributed by atoms with Crippen molar-refractivity contribution in [2.45, 2.75) is 63.8 Å². The Bertz CT molecular complexity index is 678. The number of ether oxygens (including phenoxy) is 1. The monoisotopic (exact) mass is 386 g/mol. The molecular formula is C23H34N2O3. The summed E-state index contributed by atoms with van der Waals surface area (Å²) in [4.78, 5) is 17.7. The summed E-state index contributed by atoms with van der Waals surface area (Å²) in [7, 11) is 0. The molecule has 1 atom stereocenters. The highest BCUT2D eigenvalue weighted by molar-refractivity contribution is 5.79. The van der Waals surface area contributed by atoms with Crippen LogP contribution in [0.3, 0.4) is 0 Å². The van der Waals surface area contributed by atoms with Crippen LogP contribution in [0.15, 0.2) is 24.3 Å². The van der Waals surface area contributed by atoms with E-state index in [4.69, 9.17) is 4.74 Å². The molecule has 2 heterocycles. The Kier molecular flexibility index (Phi) is 6.04. The van der Waals surface area contributed by atoms with Crippen molar-refractivity contribution in [1.29, 1.82) is 0 Å². The molecule has 0 aromatic heterocycles. The van der Waals surface area contributed by atoms with Gasteiger partial charge >= 0.3 is 0 Å². The molecule has 3 aliphatic rings. The van der Waals surface area contributed by atoms with Gasteiger partial charge in [-0.3, -0.25) is 4.79 Å². The first-order valence-corrected chi connectivity index (χ1v) is 11.1. The highest BCUT2D eigenvalue weighted by Gasteiger charge is 2.47. The van der Waals surface area contributed by atoms with E-state index < -0.39 is 11.9 Å². The lowest BCUT2D eigenvalue weighted by Gasteiger charge is -2.38. The summed E-state index contributed by atoms with van der Waals surface area (Å²) in [5, 5.41) is 10.3. The fourth-order valence-corrected chi connectivity index (χ4v) is 5.31. The molecule has 1 saturated heterocycles. The fourth-order valence-electron chi connectivity index (χ4n) is 5.31. The number of piperidine rings is 1. The van der Waals surface area contributed by atoms with Crippen LogP contribution in [0.1, 0.15) is 69.3 Å². The topological polar surface area (TPSA) is 53.0 Å². The van der Waals surface area contributed by atoms with Gasteiger partial charge < -0.3 is 19.6 Å². The summed E-state index contributed by atoms with van der Waals surface area (Å²) in [5.41, 5.74) is 1.60. The molecule has 4 rings (SSSR count). The largest absolute Gasteiger partial charge is 0.364 e. The van der Waals surface area contributed by atoms with Crippen LogP contribution in [-0.2, 0) is 15.1 Å². The van der Waals surface area contributed by atoms with E-state index in [0.717, 1.165) is 56.4 Å². The summed E-state index contributed by atoms with van der Waals surface area (Å²) >= 11 is 0. The first-order valence-electron chi connectivity index (χ1n) is 11.1. The molecule has 1 N–H and O–H groups in total. The van der Waals surface area contributed by atoms with Crippen molar-refractivity contribution in [2.24, 2.45) is 5.92 Å². The fraction of sp³-hybridized carbons (Fsp3) is 0.696. The molecule has 1 spiro atoms. The van der Waals surface area contributed by atoms with Gasteiger partial charge in [-0.25, -0.2) is 0 Å². The van der Waals surface area contributed by atoms with E-state index >= 15 is 0 Å². The van der Waals surface area contributed by atoms with E-state index in [-0.39, 0.29) is 5.92 Å². The SMILES string of the molecule is CCN(CCN1CCCCC1)C(=O)C1CCC2(CC1)OC(O)c1ccccc12. The molecule has 1 aromatic carbocycles. The second-order valence-corrected chi connectivity index (χ2v) is 8.65. The van der Waals surface area contributed by atoms with Gasteiger partial charge in [-0.1, -0.05) is 30.7 Å². The molecule has 0 radical (unpaired) electrons. The van der Waals surface area contributed by atoms with Crippen LogP contribution >= 0.6 is 0 Å². The predicted molar refractivity (Wildman–Crippen MR) is 109 cm³/mol. The lowest BCUT2D eigenvalue weighted by Crippen LogP contribution is -2.44. The van der Waals surface area contributed by atoms with Crippen LogP contribution in [-0.4, -0.2) is 53.5 Å². The van der Waals surface area contributed by atoms with Crippen molar-refractivity contribution in [3.8, 4) is 0 Å². The van der Waals surface area contributed by atoms with Gasteiger partial charge in [-0.05, 0) is 64.1 Å². The van der Waals surface area contributed by atoms with Crippen LogP contribution in [0.2, 0.25) is 0 Å². The molecule has 1 saturated carbocycles. The number of benzene rings is 1. The minimum Gasteiger partial charge on any atom is -0.364 e. The molecule has 2 aliphatic heterocycles. The number of hydrogen-bond donors (Lipinski definition) is 1. The van der Waals surface area contributed by atoms with E-state index in [2.05, 4.69) is 22.8 Å². The normalized spacial score (nSPS) is 30.4. The van der Waals surface area contributed by atoms with Gasteiger partial charge in [0.15, 0.2) is 6.29 Å². The Balaban J connectivity index is 1.34. The highest BCUT2D eigenvalue weighted by Crippen LogP contribution is 2.51. The van der Waals surface area contributed by atoms with Gasteiger partial charge in [-0.15, -0.1) is 0 Å². The average molecular weight is 387 g/mol. The predicted octanol–water partition coefficient (Wildman–Crippen LogP) is 3.43. The zero-order valence-corrected chi connectivity index (χ0v) is 17.1. The zero-order chi connectivity index (χ0) is 19.6. The standard InChI is InChI=1S/C23H34N2O3/c1-2-25(17-16-24-14-6-3-7-15-24)21(26)18-10-12-23(13-11-18)20-9-5-4-8-19(20)22(27)28-23/h4-5,8-9,18,22,27H,2-3,6-7,10-17H2,1H3. The van der Waals surface area contributed by atoms with E-state index in [1.807, 2.05) is 18.2 Å². The molecule has 154 valence electrons. The van der Waals surface area contributed by atoms with Gasteiger partial charge in [0.25, 0.3) is 0 Å².